The third-order valence-electron chi connectivity index (χ3n) is 2.93. The van der Waals surface area contributed by atoms with Crippen LogP contribution in [0.3, 0.4) is 0 Å². The van der Waals surface area contributed by atoms with Crippen molar-refractivity contribution in [3.8, 4) is 0 Å². The summed E-state index contributed by atoms with van der Waals surface area (Å²) in [6.45, 7) is 1.09. The topological polar surface area (TPSA) is 70.5 Å². The largest absolute Gasteiger partial charge is 0.349 e. The molecule has 2 fully saturated rings. The summed E-state index contributed by atoms with van der Waals surface area (Å²) in [5.74, 6) is 0.410. The van der Waals surface area contributed by atoms with Gasteiger partial charge in [0.1, 0.15) is 6.79 Å². The van der Waals surface area contributed by atoms with Gasteiger partial charge < -0.3 is 20.9 Å². The second-order valence-corrected chi connectivity index (χ2v) is 3.66. The third-order valence-corrected chi connectivity index (χ3v) is 2.93. The second-order valence-electron chi connectivity index (χ2n) is 3.66. The van der Waals surface area contributed by atoms with Crippen molar-refractivity contribution in [3.05, 3.63) is 0 Å². The van der Waals surface area contributed by atoms with Gasteiger partial charge in [0.05, 0.1) is 12.2 Å². The molecule has 2 aliphatic rings. The third kappa shape index (κ3) is 1.35. The minimum Gasteiger partial charge on any atom is -0.349 e. The smallest absolute Gasteiger partial charge is 0.147 e. The molecule has 0 aromatic heterocycles. The van der Waals surface area contributed by atoms with E-state index >= 15 is 0 Å². The Morgan fingerprint density at radius 3 is 2.50 bits per heavy atom. The number of nitrogens with two attached hydrogens (primary N) is 2. The van der Waals surface area contributed by atoms with Crippen LogP contribution in [0, 0.1) is 5.92 Å². The summed E-state index contributed by atoms with van der Waals surface area (Å²) < 4.78 is 10.8. The summed E-state index contributed by atoms with van der Waals surface area (Å²) in [5.41, 5.74) is 11.5. The van der Waals surface area contributed by atoms with Gasteiger partial charge in [0.25, 0.3) is 0 Å². The van der Waals surface area contributed by atoms with E-state index in [9.17, 15) is 0 Å². The highest BCUT2D eigenvalue weighted by molar-refractivity contribution is 4.91. The molecule has 1 saturated heterocycles. The molecule has 1 saturated carbocycles. The maximum Gasteiger partial charge on any atom is 0.147 e. The lowest BCUT2D eigenvalue weighted by Gasteiger charge is -2.33. The van der Waals surface area contributed by atoms with Crippen molar-refractivity contribution in [3.63, 3.8) is 0 Å². The van der Waals surface area contributed by atoms with Crippen LogP contribution >= 0.6 is 0 Å². The molecule has 4 atom stereocenters. The maximum atomic E-state index is 5.93. The monoisotopic (exact) mass is 172 g/mol. The minimum absolute atomic E-state index is 0.193. The number of hydrogen-bond donors (Lipinski definition) is 2. The van der Waals surface area contributed by atoms with Crippen LogP contribution in [0.1, 0.15) is 12.8 Å². The summed E-state index contributed by atoms with van der Waals surface area (Å²) in [7, 11) is 0. The van der Waals surface area contributed by atoms with Crippen LogP contribution < -0.4 is 11.5 Å². The predicted octanol–water partition coefficient (Wildman–Crippen LogP) is -0.576. The Balaban J connectivity index is 1.98. The van der Waals surface area contributed by atoms with Crippen molar-refractivity contribution < 1.29 is 9.47 Å². The first-order chi connectivity index (χ1) is 5.81. The number of hydrogen-bond acceptors (Lipinski definition) is 4. The van der Waals surface area contributed by atoms with Crippen LogP contribution in [0.2, 0.25) is 0 Å². The van der Waals surface area contributed by atoms with Crippen LogP contribution in [-0.4, -0.2) is 31.6 Å². The van der Waals surface area contributed by atoms with Gasteiger partial charge in [-0.15, -0.1) is 0 Å². The van der Waals surface area contributed by atoms with E-state index in [1.165, 1.54) is 0 Å². The summed E-state index contributed by atoms with van der Waals surface area (Å²) in [4.78, 5) is 0. The molecule has 12 heavy (non-hydrogen) atoms. The molecule has 0 bridgehead atoms. The Kier molecular flexibility index (Phi) is 2.32. The van der Waals surface area contributed by atoms with Gasteiger partial charge in [0.15, 0.2) is 0 Å². The summed E-state index contributed by atoms with van der Waals surface area (Å²) in [6.07, 6.45) is 2.33. The average molecular weight is 172 g/mol. The zero-order chi connectivity index (χ0) is 8.55. The first kappa shape index (κ1) is 8.44. The first-order valence-corrected chi connectivity index (χ1v) is 4.50. The van der Waals surface area contributed by atoms with Crippen LogP contribution in [0.4, 0.5) is 0 Å². The summed E-state index contributed by atoms with van der Waals surface area (Å²) in [5, 5.41) is 0. The standard InChI is InChI=1S/C8H16N2O2/c9-3-5-1-7-8(2-6(5)10)12-4-11-7/h5-8H,1-4,9-10H2. The molecule has 0 amide bonds. The lowest BCUT2D eigenvalue weighted by molar-refractivity contribution is 0.0389. The summed E-state index contributed by atoms with van der Waals surface area (Å²) >= 11 is 0. The van der Waals surface area contributed by atoms with Gasteiger partial charge in [-0.3, -0.25) is 0 Å². The molecule has 4 N–H and O–H groups in total. The predicted molar refractivity (Wildman–Crippen MR) is 44.4 cm³/mol. The fraction of sp³-hybridized carbons (Fsp3) is 1.00. The van der Waals surface area contributed by atoms with E-state index in [-0.39, 0.29) is 18.2 Å². The van der Waals surface area contributed by atoms with E-state index in [1.54, 1.807) is 0 Å². The molecular formula is C8H16N2O2. The highest BCUT2D eigenvalue weighted by atomic mass is 16.7. The van der Waals surface area contributed by atoms with E-state index in [1.807, 2.05) is 0 Å². The Labute approximate surface area is 72.2 Å². The SMILES string of the molecule is NCC1CC2OCOC2CC1N. The van der Waals surface area contributed by atoms with Crippen molar-refractivity contribution in [2.24, 2.45) is 17.4 Å². The number of fused-ring (bicyclic) bond motifs is 1. The molecule has 0 radical (unpaired) electrons. The average Bonchev–Trinajstić information content (AvgIpc) is 2.49. The number of ether oxygens (including phenoxy) is 2. The second kappa shape index (κ2) is 3.30. The normalized spacial score (nSPS) is 47.5. The molecule has 70 valence electrons. The summed E-state index contributed by atoms with van der Waals surface area (Å²) in [6, 6.07) is 0.193. The van der Waals surface area contributed by atoms with Gasteiger partial charge in [-0.1, -0.05) is 0 Å². The van der Waals surface area contributed by atoms with Crippen LogP contribution in [0.25, 0.3) is 0 Å². The van der Waals surface area contributed by atoms with E-state index in [4.69, 9.17) is 20.9 Å². The fourth-order valence-corrected chi connectivity index (χ4v) is 2.07. The van der Waals surface area contributed by atoms with Crippen LogP contribution in [0.15, 0.2) is 0 Å². The van der Waals surface area contributed by atoms with Crippen LogP contribution in [-0.2, 0) is 9.47 Å². The molecule has 0 spiro atoms. The Hall–Kier alpha value is -0.160. The molecule has 4 heteroatoms. The van der Waals surface area contributed by atoms with Crippen molar-refractivity contribution in [1.29, 1.82) is 0 Å². The van der Waals surface area contributed by atoms with Crippen molar-refractivity contribution in [2.45, 2.75) is 31.1 Å². The maximum absolute atomic E-state index is 5.93. The molecule has 0 aromatic carbocycles. The van der Waals surface area contributed by atoms with Gasteiger partial charge in [0, 0.05) is 6.04 Å². The van der Waals surface area contributed by atoms with E-state index in [2.05, 4.69) is 0 Å². The molecule has 1 aliphatic heterocycles. The molecule has 1 aliphatic carbocycles. The van der Waals surface area contributed by atoms with Gasteiger partial charge in [-0.25, -0.2) is 0 Å². The van der Waals surface area contributed by atoms with E-state index < -0.39 is 0 Å². The van der Waals surface area contributed by atoms with E-state index in [0.717, 1.165) is 12.8 Å². The highest BCUT2D eigenvalue weighted by Gasteiger charge is 2.39. The number of rotatable bonds is 1. The molecule has 2 rings (SSSR count). The van der Waals surface area contributed by atoms with Gasteiger partial charge in [0.2, 0.25) is 0 Å². The molecule has 1 heterocycles. The van der Waals surface area contributed by atoms with Crippen molar-refractivity contribution >= 4 is 0 Å². The lowest BCUT2D eigenvalue weighted by atomic mass is 9.82. The Morgan fingerprint density at radius 1 is 1.17 bits per heavy atom. The first-order valence-electron chi connectivity index (χ1n) is 4.50. The van der Waals surface area contributed by atoms with Crippen molar-refractivity contribution in [2.75, 3.05) is 13.3 Å². The molecule has 4 unspecified atom stereocenters. The zero-order valence-electron chi connectivity index (χ0n) is 7.11. The van der Waals surface area contributed by atoms with Gasteiger partial charge in [-0.05, 0) is 25.3 Å². The fourth-order valence-electron chi connectivity index (χ4n) is 2.07. The van der Waals surface area contributed by atoms with Gasteiger partial charge >= 0.3 is 0 Å². The Bertz CT molecular complexity index is 165. The van der Waals surface area contributed by atoms with Gasteiger partial charge in [-0.2, -0.15) is 0 Å². The quantitative estimate of drug-likeness (QED) is 0.555. The lowest BCUT2D eigenvalue weighted by Crippen LogP contribution is -2.47. The molecular weight excluding hydrogens is 156 g/mol. The highest BCUT2D eigenvalue weighted by Crippen LogP contribution is 2.30. The minimum atomic E-state index is 0.193. The zero-order valence-corrected chi connectivity index (χ0v) is 7.11. The van der Waals surface area contributed by atoms with Crippen LogP contribution in [0.5, 0.6) is 0 Å². The van der Waals surface area contributed by atoms with E-state index in [0.29, 0.717) is 19.3 Å². The van der Waals surface area contributed by atoms with Crippen molar-refractivity contribution in [1.82, 2.24) is 0 Å². The molecule has 4 nitrogen and oxygen atoms in total. The Morgan fingerprint density at radius 2 is 1.83 bits per heavy atom. The molecule has 0 aromatic rings.